The lowest BCUT2D eigenvalue weighted by molar-refractivity contribution is -0.163. The van der Waals surface area contributed by atoms with Crippen molar-refractivity contribution in [2.45, 2.75) is 23.4 Å². The van der Waals surface area contributed by atoms with E-state index in [1.807, 2.05) is 0 Å². The van der Waals surface area contributed by atoms with Crippen LogP contribution in [-0.2, 0) is 4.75 Å². The largest absolute Gasteiger partial charge is 0.408 e. The quantitative estimate of drug-likeness (QED) is 0.542. The number of carbonyl (C=O) groups is 1. The normalized spacial score (nSPS) is 23.2. The summed E-state index contributed by atoms with van der Waals surface area (Å²) in [5.41, 5.74) is 5.88. The van der Waals surface area contributed by atoms with Gasteiger partial charge in [-0.1, -0.05) is 52.8 Å². The minimum Gasteiger partial charge on any atom is -0.366 e. The second-order valence-corrected chi connectivity index (χ2v) is 9.18. The fraction of sp³-hybridized carbons (Fsp3) is 0.278. The van der Waals surface area contributed by atoms with E-state index in [9.17, 15) is 18.0 Å². The first-order valence-corrected chi connectivity index (χ1v) is 9.90. The van der Waals surface area contributed by atoms with E-state index in [0.29, 0.717) is 17.5 Å². The van der Waals surface area contributed by atoms with Crippen LogP contribution in [-0.4, -0.2) is 23.4 Å². The summed E-state index contributed by atoms with van der Waals surface area (Å²) in [4.78, 5) is 11.4. The molecule has 10 heteroatoms. The molecule has 2 atom stereocenters. The number of nitrogens with zero attached hydrogens (tertiary/aromatic N) is 1. The third-order valence-corrected chi connectivity index (χ3v) is 6.89. The molecule has 0 aromatic heterocycles. The second kappa shape index (κ2) is 7.61. The Hall–Kier alpha value is -1.12. The van der Waals surface area contributed by atoms with Gasteiger partial charge in [-0.05, 0) is 54.9 Å². The maximum atomic E-state index is 14.3. The molecule has 0 radical (unpaired) electrons. The standard InChI is InChI=1S/C18H14Cl3F3N2OS/c1-26-15(9-2-3-13(16(25)27)14(21)4-9)8-17(28-26,18(22,23)24)10-5-11(19)7-12(20)6-10/h2-7,15H,8H2,1H3,(H2,25,27). The zero-order valence-corrected chi connectivity index (χ0v) is 17.4. The molecule has 2 unspecified atom stereocenters. The molecule has 3 rings (SSSR count). The van der Waals surface area contributed by atoms with E-state index in [4.69, 9.17) is 40.5 Å². The molecule has 0 saturated carbocycles. The van der Waals surface area contributed by atoms with Crippen LogP contribution in [0.3, 0.4) is 0 Å². The lowest BCUT2D eigenvalue weighted by Crippen LogP contribution is -2.37. The predicted molar refractivity (Wildman–Crippen MR) is 107 cm³/mol. The maximum absolute atomic E-state index is 14.3. The molecule has 2 aromatic rings. The molecule has 1 heterocycles. The molecule has 0 spiro atoms. The van der Waals surface area contributed by atoms with Gasteiger partial charge in [-0.3, -0.25) is 4.79 Å². The number of rotatable bonds is 3. The number of hydrogen-bond donors (Lipinski definition) is 1. The summed E-state index contributed by atoms with van der Waals surface area (Å²) in [6, 6.07) is 7.80. The molecule has 28 heavy (non-hydrogen) atoms. The Morgan fingerprint density at radius 3 is 2.29 bits per heavy atom. The Balaban J connectivity index is 2.07. The van der Waals surface area contributed by atoms with Crippen LogP contribution >= 0.6 is 46.8 Å². The average molecular weight is 470 g/mol. The van der Waals surface area contributed by atoms with Gasteiger partial charge in [0, 0.05) is 16.1 Å². The molecular weight excluding hydrogens is 456 g/mol. The zero-order chi connectivity index (χ0) is 20.9. The van der Waals surface area contributed by atoms with Crippen molar-refractivity contribution in [1.29, 1.82) is 0 Å². The average Bonchev–Trinajstić information content (AvgIpc) is 2.92. The summed E-state index contributed by atoms with van der Waals surface area (Å²) in [6.07, 6.45) is -4.84. The summed E-state index contributed by atoms with van der Waals surface area (Å²) >= 11 is 18.7. The molecule has 0 aliphatic carbocycles. The van der Waals surface area contributed by atoms with Crippen molar-refractivity contribution >= 4 is 52.7 Å². The predicted octanol–water partition coefficient (Wildman–Crippen LogP) is 6.23. The van der Waals surface area contributed by atoms with Gasteiger partial charge in [-0.25, -0.2) is 4.31 Å². The highest BCUT2D eigenvalue weighted by Crippen LogP contribution is 2.62. The topological polar surface area (TPSA) is 46.3 Å². The summed E-state index contributed by atoms with van der Waals surface area (Å²) in [6.45, 7) is 0. The van der Waals surface area contributed by atoms with Crippen LogP contribution in [0.5, 0.6) is 0 Å². The molecule has 1 saturated heterocycles. The van der Waals surface area contributed by atoms with Crippen LogP contribution in [0.15, 0.2) is 36.4 Å². The number of amides is 1. The van der Waals surface area contributed by atoms with Crippen molar-refractivity contribution in [3.63, 3.8) is 0 Å². The van der Waals surface area contributed by atoms with Crippen LogP contribution in [0.2, 0.25) is 15.1 Å². The number of primary amides is 1. The molecule has 2 aromatic carbocycles. The molecule has 1 aliphatic heterocycles. The number of halogens is 6. The molecule has 0 bridgehead atoms. The van der Waals surface area contributed by atoms with Gasteiger partial charge in [0.15, 0.2) is 4.75 Å². The zero-order valence-electron chi connectivity index (χ0n) is 14.4. The Morgan fingerprint density at radius 2 is 1.79 bits per heavy atom. The van der Waals surface area contributed by atoms with Crippen molar-refractivity contribution in [3.05, 3.63) is 68.2 Å². The highest BCUT2D eigenvalue weighted by atomic mass is 35.5. The molecular formula is C18H14Cl3F3N2OS. The Kier molecular flexibility index (Phi) is 5.87. The molecule has 2 N–H and O–H groups in total. The molecule has 1 fully saturated rings. The van der Waals surface area contributed by atoms with Crippen molar-refractivity contribution in [2.75, 3.05) is 7.05 Å². The first-order valence-electron chi connectivity index (χ1n) is 7.99. The van der Waals surface area contributed by atoms with Crippen LogP contribution in [0, 0.1) is 0 Å². The number of benzene rings is 2. The van der Waals surface area contributed by atoms with E-state index in [1.165, 1.54) is 34.6 Å². The Morgan fingerprint density at radius 1 is 1.18 bits per heavy atom. The Labute approximate surface area is 179 Å². The third kappa shape index (κ3) is 3.83. The van der Waals surface area contributed by atoms with E-state index in [-0.39, 0.29) is 32.6 Å². The van der Waals surface area contributed by atoms with E-state index < -0.39 is 22.9 Å². The molecule has 3 nitrogen and oxygen atoms in total. The number of carbonyl (C=O) groups excluding carboxylic acids is 1. The van der Waals surface area contributed by atoms with Gasteiger partial charge in [-0.15, -0.1) is 0 Å². The van der Waals surface area contributed by atoms with Crippen molar-refractivity contribution in [3.8, 4) is 0 Å². The van der Waals surface area contributed by atoms with Gasteiger partial charge in [-0.2, -0.15) is 13.2 Å². The van der Waals surface area contributed by atoms with Gasteiger partial charge in [0.25, 0.3) is 0 Å². The molecule has 1 amide bonds. The van der Waals surface area contributed by atoms with Crippen molar-refractivity contribution in [2.24, 2.45) is 5.73 Å². The lowest BCUT2D eigenvalue weighted by Gasteiger charge is -2.31. The van der Waals surface area contributed by atoms with Crippen molar-refractivity contribution in [1.82, 2.24) is 4.31 Å². The van der Waals surface area contributed by atoms with Gasteiger partial charge in [0.05, 0.1) is 10.6 Å². The summed E-state index contributed by atoms with van der Waals surface area (Å²) in [7, 11) is 1.57. The van der Waals surface area contributed by atoms with Crippen LogP contribution in [0.1, 0.15) is 33.9 Å². The Bertz CT molecular complexity index is 921. The number of nitrogens with two attached hydrogens (primary N) is 1. The second-order valence-electron chi connectivity index (χ2n) is 6.44. The summed E-state index contributed by atoms with van der Waals surface area (Å²) in [5.74, 6) is -0.705. The minimum atomic E-state index is -4.56. The van der Waals surface area contributed by atoms with Gasteiger partial charge in [0.1, 0.15) is 0 Å². The third-order valence-electron chi connectivity index (χ3n) is 4.65. The summed E-state index contributed by atoms with van der Waals surface area (Å²) in [5, 5.41) is 0.358. The van der Waals surface area contributed by atoms with Crippen LogP contribution < -0.4 is 5.73 Å². The fourth-order valence-corrected chi connectivity index (χ4v) is 5.48. The number of alkyl halides is 3. The van der Waals surface area contributed by atoms with E-state index in [0.717, 1.165) is 0 Å². The first kappa shape index (κ1) is 21.6. The maximum Gasteiger partial charge on any atom is 0.408 e. The minimum absolute atomic E-state index is 0.0169. The molecule has 1 aliphatic rings. The summed E-state index contributed by atoms with van der Waals surface area (Å²) < 4.78 is 42.1. The van der Waals surface area contributed by atoms with E-state index >= 15 is 0 Å². The highest BCUT2D eigenvalue weighted by Gasteiger charge is 2.62. The van der Waals surface area contributed by atoms with Crippen molar-refractivity contribution < 1.29 is 18.0 Å². The highest BCUT2D eigenvalue weighted by molar-refractivity contribution is 7.98. The number of hydrogen-bond acceptors (Lipinski definition) is 3. The fourth-order valence-electron chi connectivity index (χ4n) is 3.30. The first-order chi connectivity index (χ1) is 12.9. The monoisotopic (exact) mass is 468 g/mol. The SMILES string of the molecule is CN1SC(c2cc(Cl)cc(Cl)c2)(C(F)(F)F)CC1c1ccc(C(N)=O)c(Cl)c1. The van der Waals surface area contributed by atoms with E-state index in [2.05, 4.69) is 0 Å². The van der Waals surface area contributed by atoms with Gasteiger partial charge >= 0.3 is 6.18 Å². The smallest absolute Gasteiger partial charge is 0.366 e. The molecule has 150 valence electrons. The van der Waals surface area contributed by atoms with Gasteiger partial charge < -0.3 is 5.73 Å². The van der Waals surface area contributed by atoms with Crippen LogP contribution in [0.4, 0.5) is 13.2 Å². The lowest BCUT2D eigenvalue weighted by atomic mass is 9.87. The van der Waals surface area contributed by atoms with Gasteiger partial charge in [0.2, 0.25) is 5.91 Å². The van der Waals surface area contributed by atoms with Crippen LogP contribution in [0.25, 0.3) is 0 Å². The van der Waals surface area contributed by atoms with E-state index in [1.54, 1.807) is 13.1 Å².